The van der Waals surface area contributed by atoms with E-state index in [1.165, 1.54) is 23.1 Å². The van der Waals surface area contributed by atoms with Crippen molar-refractivity contribution in [2.24, 2.45) is 0 Å². The molecule has 1 N–H and O–H groups in total. The van der Waals surface area contributed by atoms with Crippen molar-refractivity contribution in [3.8, 4) is 0 Å². The third-order valence-corrected chi connectivity index (χ3v) is 6.06. The van der Waals surface area contributed by atoms with E-state index in [1.807, 2.05) is 31.4 Å². The molecular formula is C21H24N4O2S2. The number of H-pyrrole nitrogens is 1. The summed E-state index contributed by atoms with van der Waals surface area (Å²) in [6.45, 7) is 7.63. The molecule has 6 nitrogen and oxygen atoms in total. The molecule has 0 saturated heterocycles. The normalized spacial score (nSPS) is 10.9. The van der Waals surface area contributed by atoms with E-state index in [2.05, 4.69) is 27.9 Å². The number of nitrogens with one attached hydrogen (secondary N) is 1. The SMILES string of the molecule is CCCc1cc(=O)[nH]c(SCc2csc(N(C(C)=O)c3ccc(C)cc3C)n2)n1. The lowest BCUT2D eigenvalue weighted by Gasteiger charge is -2.20. The van der Waals surface area contributed by atoms with Crippen LogP contribution >= 0.6 is 23.1 Å². The smallest absolute Gasteiger partial charge is 0.251 e. The number of nitrogens with zero attached hydrogens (tertiary/aromatic N) is 3. The molecule has 1 amide bonds. The summed E-state index contributed by atoms with van der Waals surface area (Å²) >= 11 is 2.87. The van der Waals surface area contributed by atoms with E-state index >= 15 is 0 Å². The highest BCUT2D eigenvalue weighted by molar-refractivity contribution is 7.98. The first-order valence-corrected chi connectivity index (χ1v) is 11.3. The molecule has 152 valence electrons. The fourth-order valence-corrected chi connectivity index (χ4v) is 4.78. The maximum absolute atomic E-state index is 12.3. The molecule has 0 radical (unpaired) electrons. The zero-order chi connectivity index (χ0) is 21.0. The van der Waals surface area contributed by atoms with E-state index < -0.39 is 0 Å². The van der Waals surface area contributed by atoms with Gasteiger partial charge in [-0.15, -0.1) is 11.3 Å². The molecule has 0 bridgehead atoms. The van der Waals surface area contributed by atoms with E-state index in [4.69, 9.17) is 0 Å². The molecule has 3 aromatic rings. The molecule has 0 atom stereocenters. The van der Waals surface area contributed by atoms with Crippen LogP contribution in [0, 0.1) is 13.8 Å². The quantitative estimate of drug-likeness (QED) is 0.433. The average molecular weight is 429 g/mol. The summed E-state index contributed by atoms with van der Waals surface area (Å²) in [5, 5.41) is 3.17. The number of aromatic nitrogens is 3. The van der Waals surface area contributed by atoms with Gasteiger partial charge in [0.05, 0.1) is 11.4 Å². The summed E-state index contributed by atoms with van der Waals surface area (Å²) in [5.41, 5.74) is 4.53. The van der Waals surface area contributed by atoms with Crippen molar-refractivity contribution < 1.29 is 4.79 Å². The Morgan fingerprint density at radius 2 is 2.00 bits per heavy atom. The van der Waals surface area contributed by atoms with Crippen molar-refractivity contribution in [3.05, 3.63) is 62.5 Å². The Balaban J connectivity index is 1.79. The number of hydrogen-bond acceptors (Lipinski definition) is 6. The highest BCUT2D eigenvalue weighted by Crippen LogP contribution is 2.32. The molecule has 0 spiro atoms. The van der Waals surface area contributed by atoms with E-state index in [0.717, 1.165) is 41.0 Å². The van der Waals surface area contributed by atoms with Crippen molar-refractivity contribution >= 4 is 39.8 Å². The number of thiazole rings is 1. The highest BCUT2D eigenvalue weighted by atomic mass is 32.2. The summed E-state index contributed by atoms with van der Waals surface area (Å²) in [6.07, 6.45) is 1.72. The summed E-state index contributed by atoms with van der Waals surface area (Å²) in [7, 11) is 0. The van der Waals surface area contributed by atoms with Gasteiger partial charge in [-0.05, 0) is 31.9 Å². The van der Waals surface area contributed by atoms with E-state index in [9.17, 15) is 9.59 Å². The van der Waals surface area contributed by atoms with Gasteiger partial charge in [0.25, 0.3) is 5.56 Å². The average Bonchev–Trinajstić information content (AvgIpc) is 3.10. The predicted octanol–water partition coefficient (Wildman–Crippen LogP) is 4.77. The van der Waals surface area contributed by atoms with Crippen LogP contribution in [-0.4, -0.2) is 20.9 Å². The van der Waals surface area contributed by atoms with Gasteiger partial charge in [-0.25, -0.2) is 9.97 Å². The first-order valence-electron chi connectivity index (χ1n) is 9.42. The summed E-state index contributed by atoms with van der Waals surface area (Å²) < 4.78 is 0. The Bertz CT molecular complexity index is 1070. The number of aromatic amines is 1. The van der Waals surface area contributed by atoms with Gasteiger partial charge < -0.3 is 4.98 Å². The van der Waals surface area contributed by atoms with E-state index in [0.29, 0.717) is 16.0 Å². The van der Waals surface area contributed by atoms with Gasteiger partial charge in [0, 0.05) is 29.8 Å². The Morgan fingerprint density at radius 3 is 2.69 bits per heavy atom. The summed E-state index contributed by atoms with van der Waals surface area (Å²) in [6, 6.07) is 7.55. The largest absolute Gasteiger partial charge is 0.301 e. The van der Waals surface area contributed by atoms with Crippen molar-refractivity contribution in [2.45, 2.75) is 51.4 Å². The number of rotatable bonds is 7. The van der Waals surface area contributed by atoms with Crippen LogP contribution in [0.3, 0.4) is 0 Å². The van der Waals surface area contributed by atoms with Crippen LogP contribution in [0.2, 0.25) is 0 Å². The van der Waals surface area contributed by atoms with Crippen LogP contribution in [-0.2, 0) is 17.0 Å². The topological polar surface area (TPSA) is 79.0 Å². The lowest BCUT2D eigenvalue weighted by molar-refractivity contribution is -0.115. The van der Waals surface area contributed by atoms with E-state index in [-0.39, 0.29) is 11.5 Å². The van der Waals surface area contributed by atoms with Gasteiger partial charge in [-0.3, -0.25) is 14.5 Å². The number of aryl methyl sites for hydroxylation is 3. The first-order chi connectivity index (χ1) is 13.9. The zero-order valence-corrected chi connectivity index (χ0v) is 18.6. The first kappa shape index (κ1) is 21.3. The van der Waals surface area contributed by atoms with Crippen LogP contribution in [0.5, 0.6) is 0 Å². The molecule has 3 rings (SSSR count). The van der Waals surface area contributed by atoms with Crippen molar-refractivity contribution in [1.82, 2.24) is 15.0 Å². The second-order valence-corrected chi connectivity index (χ2v) is 8.65. The lowest BCUT2D eigenvalue weighted by atomic mass is 10.1. The lowest BCUT2D eigenvalue weighted by Crippen LogP contribution is -2.23. The molecule has 8 heteroatoms. The molecule has 0 aliphatic carbocycles. The highest BCUT2D eigenvalue weighted by Gasteiger charge is 2.20. The van der Waals surface area contributed by atoms with Crippen LogP contribution in [0.4, 0.5) is 10.8 Å². The van der Waals surface area contributed by atoms with Gasteiger partial charge >= 0.3 is 0 Å². The molecule has 2 aromatic heterocycles. The van der Waals surface area contributed by atoms with Crippen molar-refractivity contribution in [2.75, 3.05) is 4.90 Å². The molecule has 1 aromatic carbocycles. The Kier molecular flexibility index (Phi) is 6.87. The molecule has 0 aliphatic heterocycles. The minimum Gasteiger partial charge on any atom is -0.301 e. The number of carbonyl (C=O) groups excluding carboxylic acids is 1. The number of amides is 1. The molecule has 2 heterocycles. The molecular weight excluding hydrogens is 404 g/mol. The fourth-order valence-electron chi connectivity index (χ4n) is 3.01. The number of hydrogen-bond donors (Lipinski definition) is 1. The van der Waals surface area contributed by atoms with E-state index in [1.54, 1.807) is 17.9 Å². The minimum atomic E-state index is -0.137. The third kappa shape index (κ3) is 5.33. The molecule has 0 aliphatic rings. The monoisotopic (exact) mass is 428 g/mol. The number of carbonyl (C=O) groups is 1. The molecule has 29 heavy (non-hydrogen) atoms. The number of anilines is 2. The number of benzene rings is 1. The Labute approximate surface area is 178 Å². The van der Waals surface area contributed by atoms with Crippen LogP contribution in [0.15, 0.2) is 39.6 Å². The second-order valence-electron chi connectivity index (χ2n) is 6.85. The zero-order valence-electron chi connectivity index (χ0n) is 17.0. The standard InChI is InChI=1S/C21H24N4O2S2/c1-5-6-16-10-19(27)24-20(22-16)28-11-17-12-29-21(23-17)25(15(4)26)18-8-7-13(2)9-14(18)3/h7-10,12H,5-6,11H2,1-4H3,(H,22,24,27). The van der Waals surface area contributed by atoms with Gasteiger partial charge in [0.1, 0.15) is 0 Å². The minimum absolute atomic E-state index is 0.0798. The third-order valence-electron chi connectivity index (χ3n) is 4.27. The van der Waals surface area contributed by atoms with Crippen LogP contribution < -0.4 is 10.5 Å². The van der Waals surface area contributed by atoms with Gasteiger partial charge in [0.15, 0.2) is 10.3 Å². The summed E-state index contributed by atoms with van der Waals surface area (Å²) in [4.78, 5) is 37.7. The van der Waals surface area contributed by atoms with Gasteiger partial charge in [-0.1, -0.05) is 42.8 Å². The predicted molar refractivity (Wildman–Crippen MR) is 119 cm³/mol. The second kappa shape index (κ2) is 9.37. The maximum atomic E-state index is 12.3. The molecule has 0 unspecified atom stereocenters. The fraction of sp³-hybridized carbons (Fsp3) is 0.333. The molecule has 0 fully saturated rings. The van der Waals surface area contributed by atoms with Gasteiger partial charge in [0.2, 0.25) is 5.91 Å². The molecule has 0 saturated carbocycles. The Hall–Kier alpha value is -2.45. The van der Waals surface area contributed by atoms with Gasteiger partial charge in [-0.2, -0.15) is 0 Å². The summed E-state index contributed by atoms with van der Waals surface area (Å²) in [5.74, 6) is 0.483. The Morgan fingerprint density at radius 1 is 1.21 bits per heavy atom. The maximum Gasteiger partial charge on any atom is 0.251 e. The van der Waals surface area contributed by atoms with Crippen molar-refractivity contribution in [1.29, 1.82) is 0 Å². The van der Waals surface area contributed by atoms with Crippen molar-refractivity contribution in [3.63, 3.8) is 0 Å². The van der Waals surface area contributed by atoms with Crippen LogP contribution in [0.1, 0.15) is 42.8 Å². The number of thioether (sulfide) groups is 1. The van der Waals surface area contributed by atoms with Crippen LogP contribution in [0.25, 0.3) is 0 Å².